The molecule has 1 amide bonds. The maximum atomic E-state index is 13.5. The van der Waals surface area contributed by atoms with Gasteiger partial charge >= 0.3 is 0 Å². The summed E-state index contributed by atoms with van der Waals surface area (Å²) in [5, 5.41) is 0. The number of hydrogen-bond acceptors (Lipinski definition) is 5. The van der Waals surface area contributed by atoms with Crippen molar-refractivity contribution in [2.75, 3.05) is 24.5 Å². The molecular weight excluding hydrogens is 356 g/mol. The lowest BCUT2D eigenvalue weighted by molar-refractivity contribution is -0.131. The number of anilines is 1. The molecule has 0 radical (unpaired) electrons. The molecular formula is C19H21F2N3O3. The number of amides is 1. The highest BCUT2D eigenvalue weighted by molar-refractivity contribution is 5.96. The van der Waals surface area contributed by atoms with Gasteiger partial charge in [-0.15, -0.1) is 0 Å². The van der Waals surface area contributed by atoms with Gasteiger partial charge in [-0.2, -0.15) is 0 Å². The molecule has 8 heteroatoms. The summed E-state index contributed by atoms with van der Waals surface area (Å²) >= 11 is 0. The van der Waals surface area contributed by atoms with Crippen LogP contribution in [0.1, 0.15) is 36.1 Å². The Bertz CT molecular complexity index is 832. The van der Waals surface area contributed by atoms with Crippen molar-refractivity contribution in [3.05, 3.63) is 47.7 Å². The largest absolute Gasteiger partial charge is 0.449 e. The average molecular weight is 377 g/mol. The third-order valence-corrected chi connectivity index (χ3v) is 4.63. The van der Waals surface area contributed by atoms with Crippen LogP contribution in [0.2, 0.25) is 0 Å². The first-order chi connectivity index (χ1) is 12.8. The maximum absolute atomic E-state index is 13.5. The Morgan fingerprint density at radius 2 is 1.89 bits per heavy atom. The van der Waals surface area contributed by atoms with E-state index in [1.165, 1.54) is 18.4 Å². The number of rotatable bonds is 5. The Hall–Kier alpha value is -2.77. The van der Waals surface area contributed by atoms with Crippen LogP contribution in [-0.2, 0) is 4.79 Å². The van der Waals surface area contributed by atoms with E-state index in [-0.39, 0.29) is 36.3 Å². The monoisotopic (exact) mass is 377 g/mol. The summed E-state index contributed by atoms with van der Waals surface area (Å²) in [6, 6.07) is 3.31. The first-order valence-electron chi connectivity index (χ1n) is 8.79. The van der Waals surface area contributed by atoms with E-state index in [1.807, 2.05) is 11.8 Å². The van der Waals surface area contributed by atoms with Crippen LogP contribution >= 0.6 is 0 Å². The zero-order valence-electron chi connectivity index (χ0n) is 15.2. The predicted molar refractivity (Wildman–Crippen MR) is 94.6 cm³/mol. The molecule has 0 unspecified atom stereocenters. The number of carbonyl (C=O) groups excluding carboxylic acids is 2. The molecule has 1 aliphatic heterocycles. The number of oxazole rings is 1. The standard InChI is InChI=1S/C19H21F2N3O3/c1-12-10-23(5-6-24(12)16-8-14(20)7-15(21)9-16)19(26)4-3-18(25)17-11-27-13(2)22-17/h7-9,11-12H,3-6,10H2,1-2H3/t12-/m0/s1. The molecule has 0 spiro atoms. The van der Waals surface area contributed by atoms with Gasteiger partial charge in [0, 0.05) is 57.2 Å². The van der Waals surface area contributed by atoms with E-state index >= 15 is 0 Å². The number of aryl methyl sites for hydroxylation is 1. The number of carbonyl (C=O) groups is 2. The van der Waals surface area contributed by atoms with Gasteiger partial charge in [0.1, 0.15) is 23.6 Å². The zero-order chi connectivity index (χ0) is 19.6. The molecule has 0 bridgehead atoms. The smallest absolute Gasteiger partial charge is 0.223 e. The second kappa shape index (κ2) is 7.85. The number of halogens is 2. The van der Waals surface area contributed by atoms with Crippen LogP contribution in [0.25, 0.3) is 0 Å². The van der Waals surface area contributed by atoms with Crippen molar-refractivity contribution < 1.29 is 22.8 Å². The number of Topliss-reactive ketones (excluding diaryl/α,β-unsaturated/α-hetero) is 1. The van der Waals surface area contributed by atoms with E-state index in [1.54, 1.807) is 11.8 Å². The number of nitrogens with zero attached hydrogens (tertiary/aromatic N) is 3. The van der Waals surface area contributed by atoms with Crippen LogP contribution in [-0.4, -0.2) is 47.3 Å². The van der Waals surface area contributed by atoms with Gasteiger partial charge in [-0.25, -0.2) is 13.8 Å². The van der Waals surface area contributed by atoms with E-state index in [0.29, 0.717) is 31.2 Å². The van der Waals surface area contributed by atoms with Gasteiger partial charge in [-0.1, -0.05) is 0 Å². The quantitative estimate of drug-likeness (QED) is 0.750. The van der Waals surface area contributed by atoms with Crippen molar-refractivity contribution in [3.63, 3.8) is 0 Å². The Morgan fingerprint density at radius 1 is 1.19 bits per heavy atom. The first kappa shape index (κ1) is 19.0. The minimum absolute atomic E-state index is 0.0640. The van der Waals surface area contributed by atoms with Crippen LogP contribution in [0.3, 0.4) is 0 Å². The van der Waals surface area contributed by atoms with Gasteiger partial charge in [-0.05, 0) is 19.1 Å². The number of hydrogen-bond donors (Lipinski definition) is 0. The Labute approximate surface area is 155 Å². The average Bonchev–Trinajstić information content (AvgIpc) is 3.05. The highest BCUT2D eigenvalue weighted by Crippen LogP contribution is 2.23. The SMILES string of the molecule is Cc1nc(C(=O)CCC(=O)N2CCN(c3cc(F)cc(F)c3)[C@@H](C)C2)co1. The molecule has 1 atom stereocenters. The second-order valence-corrected chi connectivity index (χ2v) is 6.68. The third kappa shape index (κ3) is 4.50. The molecule has 1 aromatic carbocycles. The van der Waals surface area contributed by atoms with Gasteiger partial charge in [-0.3, -0.25) is 9.59 Å². The van der Waals surface area contributed by atoms with E-state index < -0.39 is 11.6 Å². The van der Waals surface area contributed by atoms with E-state index in [9.17, 15) is 18.4 Å². The van der Waals surface area contributed by atoms with Gasteiger partial charge in [0.2, 0.25) is 5.91 Å². The van der Waals surface area contributed by atoms with Crippen molar-refractivity contribution in [1.29, 1.82) is 0 Å². The Kier molecular flexibility index (Phi) is 5.53. The summed E-state index contributed by atoms with van der Waals surface area (Å²) in [7, 11) is 0. The summed E-state index contributed by atoms with van der Waals surface area (Å²) in [5.74, 6) is -1.21. The molecule has 3 rings (SSSR count). The fraction of sp³-hybridized carbons (Fsp3) is 0.421. The van der Waals surface area contributed by atoms with Crippen LogP contribution in [0.4, 0.5) is 14.5 Å². The molecule has 1 saturated heterocycles. The minimum atomic E-state index is -0.627. The number of piperazine rings is 1. The van der Waals surface area contributed by atoms with Crippen molar-refractivity contribution in [3.8, 4) is 0 Å². The summed E-state index contributed by atoms with van der Waals surface area (Å²) in [4.78, 5) is 32.0. The number of aromatic nitrogens is 1. The van der Waals surface area contributed by atoms with Crippen molar-refractivity contribution in [1.82, 2.24) is 9.88 Å². The van der Waals surface area contributed by atoms with Crippen molar-refractivity contribution in [2.24, 2.45) is 0 Å². The second-order valence-electron chi connectivity index (χ2n) is 6.68. The predicted octanol–water partition coefficient (Wildman–Crippen LogP) is 2.96. The molecule has 2 aromatic rings. The summed E-state index contributed by atoms with van der Waals surface area (Å²) < 4.78 is 31.9. The number of benzene rings is 1. The van der Waals surface area contributed by atoms with E-state index in [4.69, 9.17) is 4.42 Å². The van der Waals surface area contributed by atoms with Gasteiger partial charge in [0.05, 0.1) is 0 Å². The fourth-order valence-corrected chi connectivity index (χ4v) is 3.27. The zero-order valence-corrected chi connectivity index (χ0v) is 15.2. The molecule has 6 nitrogen and oxygen atoms in total. The molecule has 0 aliphatic carbocycles. The van der Waals surface area contributed by atoms with Crippen molar-refractivity contribution in [2.45, 2.75) is 32.7 Å². The third-order valence-electron chi connectivity index (χ3n) is 4.63. The summed E-state index contributed by atoms with van der Waals surface area (Å²) in [6.45, 7) is 4.86. The van der Waals surface area contributed by atoms with Crippen LogP contribution < -0.4 is 4.90 Å². The summed E-state index contributed by atoms with van der Waals surface area (Å²) in [5.41, 5.74) is 0.690. The maximum Gasteiger partial charge on any atom is 0.223 e. The van der Waals surface area contributed by atoms with Crippen LogP contribution in [0, 0.1) is 18.6 Å². The molecule has 144 valence electrons. The normalized spacial score (nSPS) is 17.3. The summed E-state index contributed by atoms with van der Waals surface area (Å²) in [6.07, 6.45) is 1.45. The van der Waals surface area contributed by atoms with Crippen LogP contribution in [0.5, 0.6) is 0 Å². The van der Waals surface area contributed by atoms with E-state index in [2.05, 4.69) is 4.98 Å². The molecule has 1 aromatic heterocycles. The van der Waals surface area contributed by atoms with E-state index in [0.717, 1.165) is 6.07 Å². The molecule has 1 fully saturated rings. The lowest BCUT2D eigenvalue weighted by atomic mass is 10.1. The number of ketones is 1. The minimum Gasteiger partial charge on any atom is -0.449 e. The molecule has 1 aliphatic rings. The van der Waals surface area contributed by atoms with Crippen molar-refractivity contribution >= 4 is 17.4 Å². The molecule has 0 N–H and O–H groups in total. The Balaban J connectivity index is 1.55. The Morgan fingerprint density at radius 3 is 2.48 bits per heavy atom. The molecule has 0 saturated carbocycles. The highest BCUT2D eigenvalue weighted by atomic mass is 19.1. The highest BCUT2D eigenvalue weighted by Gasteiger charge is 2.27. The fourth-order valence-electron chi connectivity index (χ4n) is 3.27. The topological polar surface area (TPSA) is 66.7 Å². The molecule has 27 heavy (non-hydrogen) atoms. The van der Waals surface area contributed by atoms with Gasteiger partial charge in [0.15, 0.2) is 11.7 Å². The lowest BCUT2D eigenvalue weighted by Crippen LogP contribution is -2.53. The van der Waals surface area contributed by atoms with Gasteiger partial charge < -0.3 is 14.2 Å². The molecule has 2 heterocycles. The van der Waals surface area contributed by atoms with Crippen LogP contribution in [0.15, 0.2) is 28.9 Å². The lowest BCUT2D eigenvalue weighted by Gasteiger charge is -2.41. The first-order valence-corrected chi connectivity index (χ1v) is 8.79. The van der Waals surface area contributed by atoms with Gasteiger partial charge in [0.25, 0.3) is 0 Å².